The number of rotatable bonds is 3. The van der Waals surface area contributed by atoms with Gasteiger partial charge in [0.2, 0.25) is 0 Å². The zero-order chi connectivity index (χ0) is 43.1. The number of para-hydroxylation sites is 1. The van der Waals surface area contributed by atoms with E-state index in [1.165, 1.54) is 121 Å². The molecule has 0 saturated carbocycles. The van der Waals surface area contributed by atoms with Gasteiger partial charge in [-0.3, -0.25) is 0 Å². The molecule has 1 heteroatoms. The van der Waals surface area contributed by atoms with Gasteiger partial charge in [-0.2, -0.15) is 0 Å². The van der Waals surface area contributed by atoms with Gasteiger partial charge >= 0.3 is 0 Å². The standard InChI is InChI=1S/C65H38O/c1-2-14-46-40(13-1)31-33-58-64(46)55-36-43-30-29-42(35-45(43)38-59(55)65(58)56-22-10-7-15-47(56)48-16-8-11-23-57(48)65)39-25-27-41(28-26-39)62-50-18-3-5-20-52(50)63(53-21-6-4-19-51(53)62)44-32-34-61-54(37-44)49-17-9-12-24-60(49)66-61/h1-38H. The average molecular weight is 835 g/mol. The Kier molecular flexibility index (Phi) is 7.21. The molecule has 1 nitrogen and oxygen atoms in total. The third-order valence-corrected chi connectivity index (χ3v) is 15.0. The summed E-state index contributed by atoms with van der Waals surface area (Å²) < 4.78 is 6.24. The number of hydrogen-bond donors (Lipinski definition) is 0. The molecule has 0 bridgehead atoms. The number of furan rings is 1. The second-order valence-electron chi connectivity index (χ2n) is 18.2. The minimum Gasteiger partial charge on any atom is -0.456 e. The SMILES string of the molecule is c1ccc2c(c1)-c1ccccc1C21c2cc3cc(-c4ccc(-c5c6ccccc6c(-c6ccc7oc8ccccc8c7c6)c6ccccc56)cc4)ccc3cc2-c2c1ccc1ccccc21. The molecule has 2 aliphatic carbocycles. The van der Waals surface area contributed by atoms with Crippen LogP contribution in [0, 0.1) is 0 Å². The molecule has 0 aliphatic heterocycles. The second-order valence-corrected chi connectivity index (χ2v) is 18.2. The van der Waals surface area contributed by atoms with Gasteiger partial charge in [0.1, 0.15) is 11.2 Å². The summed E-state index contributed by atoms with van der Waals surface area (Å²) in [5.41, 5.74) is 19.6. The number of fused-ring (bicyclic) bond motifs is 18. The quantitative estimate of drug-likeness (QED) is 0.162. The molecule has 1 aromatic heterocycles. The van der Waals surface area contributed by atoms with Crippen molar-refractivity contribution in [3.63, 3.8) is 0 Å². The first-order chi connectivity index (χ1) is 32.7. The fourth-order valence-electron chi connectivity index (χ4n) is 12.3. The van der Waals surface area contributed by atoms with E-state index in [1.807, 2.05) is 6.07 Å². The Bertz CT molecular complexity index is 4120. The summed E-state index contributed by atoms with van der Waals surface area (Å²) in [6, 6.07) is 85.9. The molecule has 304 valence electrons. The van der Waals surface area contributed by atoms with Crippen LogP contribution in [0.2, 0.25) is 0 Å². The van der Waals surface area contributed by atoms with E-state index >= 15 is 0 Å². The van der Waals surface area contributed by atoms with E-state index in [2.05, 4.69) is 224 Å². The van der Waals surface area contributed by atoms with Crippen LogP contribution in [0.5, 0.6) is 0 Å². The predicted octanol–water partition coefficient (Wildman–Crippen LogP) is 17.5. The number of hydrogen-bond acceptors (Lipinski definition) is 1. The van der Waals surface area contributed by atoms with Crippen molar-refractivity contribution in [1.82, 2.24) is 0 Å². The van der Waals surface area contributed by atoms with Gasteiger partial charge in [-0.05, 0) is 157 Å². The third-order valence-electron chi connectivity index (χ3n) is 15.0. The topological polar surface area (TPSA) is 13.1 Å². The molecular weight excluding hydrogens is 797 g/mol. The van der Waals surface area contributed by atoms with Crippen molar-refractivity contribution in [2.75, 3.05) is 0 Å². The van der Waals surface area contributed by atoms with Crippen LogP contribution in [0.25, 0.3) is 121 Å². The Labute approximate surface area is 381 Å². The van der Waals surface area contributed by atoms with E-state index in [1.54, 1.807) is 0 Å². The predicted molar refractivity (Wildman–Crippen MR) is 276 cm³/mol. The molecule has 0 radical (unpaired) electrons. The Hall–Kier alpha value is -8.52. The molecule has 0 amide bonds. The molecule has 1 spiro atoms. The fraction of sp³-hybridized carbons (Fsp3) is 0.0154. The van der Waals surface area contributed by atoms with Gasteiger partial charge in [-0.25, -0.2) is 0 Å². The monoisotopic (exact) mass is 834 g/mol. The molecule has 0 fully saturated rings. The molecule has 12 aromatic carbocycles. The van der Waals surface area contributed by atoms with Crippen molar-refractivity contribution in [1.29, 1.82) is 0 Å². The third kappa shape index (κ3) is 4.74. The molecule has 0 saturated heterocycles. The summed E-state index contributed by atoms with van der Waals surface area (Å²) >= 11 is 0. The molecule has 0 N–H and O–H groups in total. The number of benzene rings is 12. The molecule has 13 aromatic rings. The largest absolute Gasteiger partial charge is 0.456 e. The average Bonchev–Trinajstić information content (AvgIpc) is 4.01. The first-order valence-corrected chi connectivity index (χ1v) is 23.0. The van der Waals surface area contributed by atoms with E-state index in [4.69, 9.17) is 4.42 Å². The summed E-state index contributed by atoms with van der Waals surface area (Å²) in [6.45, 7) is 0. The Morgan fingerprint density at radius 3 is 1.48 bits per heavy atom. The highest BCUT2D eigenvalue weighted by Crippen LogP contribution is 2.64. The molecule has 2 aliphatic rings. The molecule has 1 heterocycles. The van der Waals surface area contributed by atoms with Crippen LogP contribution < -0.4 is 0 Å². The van der Waals surface area contributed by atoms with Crippen molar-refractivity contribution >= 4 is 65.0 Å². The summed E-state index contributed by atoms with van der Waals surface area (Å²) in [6.07, 6.45) is 0. The minimum atomic E-state index is -0.408. The van der Waals surface area contributed by atoms with E-state index in [0.29, 0.717) is 0 Å². The summed E-state index contributed by atoms with van der Waals surface area (Å²) in [5.74, 6) is 0. The Balaban J connectivity index is 0.885. The zero-order valence-corrected chi connectivity index (χ0v) is 35.8. The lowest BCUT2D eigenvalue weighted by Gasteiger charge is -2.30. The molecule has 0 atom stereocenters. The van der Waals surface area contributed by atoms with Gasteiger partial charge in [0.05, 0.1) is 5.41 Å². The van der Waals surface area contributed by atoms with Crippen molar-refractivity contribution in [2.45, 2.75) is 5.41 Å². The highest BCUT2D eigenvalue weighted by molar-refractivity contribution is 6.22. The van der Waals surface area contributed by atoms with Crippen LogP contribution in [0.15, 0.2) is 235 Å². The lowest BCUT2D eigenvalue weighted by molar-refractivity contribution is 0.669. The molecular formula is C65H38O. The van der Waals surface area contributed by atoms with Crippen molar-refractivity contribution < 1.29 is 4.42 Å². The van der Waals surface area contributed by atoms with Gasteiger partial charge in [0, 0.05) is 10.8 Å². The van der Waals surface area contributed by atoms with Crippen molar-refractivity contribution in [2.24, 2.45) is 0 Å². The van der Waals surface area contributed by atoms with Crippen molar-refractivity contribution in [3.8, 4) is 55.6 Å². The van der Waals surface area contributed by atoms with Gasteiger partial charge in [-0.1, -0.05) is 194 Å². The van der Waals surface area contributed by atoms with E-state index < -0.39 is 5.41 Å². The Morgan fingerprint density at radius 2 is 0.773 bits per heavy atom. The van der Waals surface area contributed by atoms with Crippen molar-refractivity contribution in [3.05, 3.63) is 253 Å². The smallest absolute Gasteiger partial charge is 0.135 e. The molecule has 66 heavy (non-hydrogen) atoms. The lowest BCUT2D eigenvalue weighted by atomic mass is 9.70. The van der Waals surface area contributed by atoms with Gasteiger partial charge < -0.3 is 4.42 Å². The van der Waals surface area contributed by atoms with Crippen LogP contribution in [0.1, 0.15) is 22.3 Å². The maximum absolute atomic E-state index is 6.24. The van der Waals surface area contributed by atoms with E-state index in [9.17, 15) is 0 Å². The summed E-state index contributed by atoms with van der Waals surface area (Å²) in [4.78, 5) is 0. The van der Waals surface area contributed by atoms with Crippen LogP contribution in [0.3, 0.4) is 0 Å². The van der Waals surface area contributed by atoms with Crippen LogP contribution in [-0.4, -0.2) is 0 Å². The second kappa shape index (κ2) is 13.3. The van der Waals surface area contributed by atoms with Crippen LogP contribution >= 0.6 is 0 Å². The summed E-state index contributed by atoms with van der Waals surface area (Å²) in [7, 11) is 0. The molecule has 15 rings (SSSR count). The van der Waals surface area contributed by atoms with Gasteiger partial charge in [0.15, 0.2) is 0 Å². The van der Waals surface area contributed by atoms with Gasteiger partial charge in [-0.15, -0.1) is 0 Å². The van der Waals surface area contributed by atoms with Crippen LogP contribution in [0.4, 0.5) is 0 Å². The van der Waals surface area contributed by atoms with E-state index in [0.717, 1.165) is 21.9 Å². The minimum absolute atomic E-state index is 0.408. The van der Waals surface area contributed by atoms with E-state index in [-0.39, 0.29) is 0 Å². The maximum atomic E-state index is 6.24. The van der Waals surface area contributed by atoms with Crippen LogP contribution in [-0.2, 0) is 5.41 Å². The zero-order valence-electron chi connectivity index (χ0n) is 35.8. The summed E-state index contributed by atoms with van der Waals surface area (Å²) in [5, 5.41) is 12.3. The highest BCUT2D eigenvalue weighted by Gasteiger charge is 2.52. The Morgan fingerprint density at radius 1 is 0.242 bits per heavy atom. The molecule has 0 unspecified atom stereocenters. The lowest BCUT2D eigenvalue weighted by Crippen LogP contribution is -2.25. The fourth-order valence-corrected chi connectivity index (χ4v) is 12.3. The maximum Gasteiger partial charge on any atom is 0.135 e. The highest BCUT2D eigenvalue weighted by atomic mass is 16.3. The normalized spacial score (nSPS) is 13.3. The van der Waals surface area contributed by atoms with Gasteiger partial charge in [0.25, 0.3) is 0 Å². The first-order valence-electron chi connectivity index (χ1n) is 23.0. The first kappa shape index (κ1) is 35.9.